The van der Waals surface area contributed by atoms with Crippen LogP contribution < -0.4 is 10.6 Å². The quantitative estimate of drug-likeness (QED) is 0.735. The van der Waals surface area contributed by atoms with Gasteiger partial charge in [-0.25, -0.2) is 9.78 Å². The first-order chi connectivity index (χ1) is 9.99. The molecule has 0 radical (unpaired) electrons. The molecule has 0 spiro atoms. The van der Waals surface area contributed by atoms with E-state index >= 15 is 0 Å². The van der Waals surface area contributed by atoms with Crippen molar-refractivity contribution in [1.29, 1.82) is 0 Å². The summed E-state index contributed by atoms with van der Waals surface area (Å²) in [7, 11) is 4.10. The first kappa shape index (κ1) is 17.2. The van der Waals surface area contributed by atoms with Crippen LogP contribution in [-0.2, 0) is 4.74 Å². The number of esters is 1. The van der Waals surface area contributed by atoms with Gasteiger partial charge < -0.3 is 20.3 Å². The van der Waals surface area contributed by atoms with E-state index in [4.69, 9.17) is 10.5 Å². The zero-order valence-electron chi connectivity index (χ0n) is 13.4. The van der Waals surface area contributed by atoms with Crippen LogP contribution >= 0.6 is 0 Å². The number of anilines is 2. The number of carbonyl (C=O) groups is 1. The lowest BCUT2D eigenvalue weighted by Crippen LogP contribution is -2.28. The second kappa shape index (κ2) is 8.46. The number of hydrogen-bond donors (Lipinski definition) is 1. The van der Waals surface area contributed by atoms with Crippen LogP contribution in [0.1, 0.15) is 30.6 Å². The van der Waals surface area contributed by atoms with Crippen LogP contribution in [0.2, 0.25) is 0 Å². The van der Waals surface area contributed by atoms with Crippen LogP contribution in [-0.4, -0.2) is 56.2 Å². The Morgan fingerprint density at radius 1 is 1.33 bits per heavy atom. The second-order valence-electron chi connectivity index (χ2n) is 5.09. The van der Waals surface area contributed by atoms with E-state index < -0.39 is 5.97 Å². The molecule has 6 heteroatoms. The van der Waals surface area contributed by atoms with Gasteiger partial charge in [-0.05, 0) is 47.0 Å². The van der Waals surface area contributed by atoms with E-state index in [1.54, 1.807) is 13.0 Å². The summed E-state index contributed by atoms with van der Waals surface area (Å²) in [6.07, 6.45) is 2.55. The minimum atomic E-state index is -0.400. The van der Waals surface area contributed by atoms with Gasteiger partial charge in [0, 0.05) is 13.1 Å². The third-order valence-electron chi connectivity index (χ3n) is 3.15. The van der Waals surface area contributed by atoms with Crippen molar-refractivity contribution in [3.63, 3.8) is 0 Å². The summed E-state index contributed by atoms with van der Waals surface area (Å²) in [6, 6.07) is 1.71. The number of nitrogens with zero attached hydrogens (tertiary/aromatic N) is 3. The van der Waals surface area contributed by atoms with Crippen LogP contribution in [0.25, 0.3) is 0 Å². The van der Waals surface area contributed by atoms with Crippen molar-refractivity contribution in [2.45, 2.75) is 20.3 Å². The van der Waals surface area contributed by atoms with Gasteiger partial charge in [-0.1, -0.05) is 0 Å². The molecule has 0 atom stereocenters. The monoisotopic (exact) mass is 294 g/mol. The number of aromatic nitrogens is 1. The molecule has 6 nitrogen and oxygen atoms in total. The number of nitrogens with two attached hydrogens (primary N) is 1. The molecule has 0 aromatic carbocycles. The second-order valence-corrected chi connectivity index (χ2v) is 5.09. The van der Waals surface area contributed by atoms with Crippen LogP contribution in [0.5, 0.6) is 0 Å². The number of pyridine rings is 1. The maximum absolute atomic E-state index is 11.9. The highest BCUT2D eigenvalue weighted by Gasteiger charge is 2.15. The number of rotatable bonds is 8. The Balaban J connectivity index is 2.85. The Morgan fingerprint density at radius 2 is 2.05 bits per heavy atom. The van der Waals surface area contributed by atoms with Gasteiger partial charge in [0.05, 0.1) is 24.1 Å². The van der Waals surface area contributed by atoms with Crippen LogP contribution in [0.15, 0.2) is 12.3 Å². The number of carbonyl (C=O) groups excluding carboxylic acids is 1. The van der Waals surface area contributed by atoms with Gasteiger partial charge in [0.25, 0.3) is 0 Å². The zero-order chi connectivity index (χ0) is 15.8. The first-order valence-electron chi connectivity index (χ1n) is 7.31. The molecule has 0 amide bonds. The number of nitrogen functional groups attached to an aromatic ring is 1. The molecule has 0 aliphatic rings. The van der Waals surface area contributed by atoms with Gasteiger partial charge in [0.2, 0.25) is 0 Å². The van der Waals surface area contributed by atoms with Gasteiger partial charge in [0.1, 0.15) is 5.82 Å². The molecular weight excluding hydrogens is 268 g/mol. The molecule has 0 saturated heterocycles. The molecule has 1 heterocycles. The van der Waals surface area contributed by atoms with E-state index in [9.17, 15) is 4.79 Å². The highest BCUT2D eigenvalue weighted by Crippen LogP contribution is 2.19. The molecule has 0 aliphatic heterocycles. The van der Waals surface area contributed by atoms with Crippen molar-refractivity contribution in [3.05, 3.63) is 17.8 Å². The van der Waals surface area contributed by atoms with Gasteiger partial charge >= 0.3 is 5.97 Å². The fourth-order valence-electron chi connectivity index (χ4n) is 2.03. The van der Waals surface area contributed by atoms with E-state index in [1.807, 2.05) is 0 Å². The maximum atomic E-state index is 11.9. The number of hydrogen-bond acceptors (Lipinski definition) is 6. The minimum Gasteiger partial charge on any atom is -0.462 e. The summed E-state index contributed by atoms with van der Waals surface area (Å²) in [4.78, 5) is 20.5. The Labute approximate surface area is 126 Å². The molecule has 0 bridgehead atoms. The molecule has 118 valence electrons. The zero-order valence-corrected chi connectivity index (χ0v) is 13.4. The molecule has 2 N–H and O–H groups in total. The largest absolute Gasteiger partial charge is 0.462 e. The van der Waals surface area contributed by atoms with Crippen molar-refractivity contribution in [2.75, 3.05) is 51.0 Å². The predicted octanol–water partition coefficient (Wildman–Crippen LogP) is 1.62. The topological polar surface area (TPSA) is 71.7 Å². The molecule has 0 saturated carbocycles. The van der Waals surface area contributed by atoms with E-state index in [-0.39, 0.29) is 0 Å². The third kappa shape index (κ3) is 5.23. The van der Waals surface area contributed by atoms with E-state index in [0.717, 1.165) is 31.9 Å². The molecular formula is C15H26N4O2. The highest BCUT2D eigenvalue weighted by atomic mass is 16.5. The van der Waals surface area contributed by atoms with Crippen molar-refractivity contribution in [1.82, 2.24) is 9.88 Å². The Hall–Kier alpha value is -1.82. The fourth-order valence-corrected chi connectivity index (χ4v) is 2.03. The number of ether oxygens (including phenoxy) is 1. The van der Waals surface area contributed by atoms with Crippen molar-refractivity contribution >= 4 is 17.5 Å². The van der Waals surface area contributed by atoms with Gasteiger partial charge in [-0.15, -0.1) is 0 Å². The third-order valence-corrected chi connectivity index (χ3v) is 3.15. The Kier molecular flexibility index (Phi) is 6.94. The fraction of sp³-hybridized carbons (Fsp3) is 0.600. The average molecular weight is 294 g/mol. The van der Waals surface area contributed by atoms with Gasteiger partial charge in [-0.3, -0.25) is 0 Å². The van der Waals surface area contributed by atoms with Crippen molar-refractivity contribution < 1.29 is 9.53 Å². The molecule has 0 aliphatic carbocycles. The summed E-state index contributed by atoms with van der Waals surface area (Å²) in [5.41, 5.74) is 6.54. The Morgan fingerprint density at radius 3 is 2.62 bits per heavy atom. The molecule has 1 aromatic rings. The van der Waals surface area contributed by atoms with E-state index in [2.05, 4.69) is 35.8 Å². The molecule has 1 rings (SSSR count). The highest BCUT2D eigenvalue weighted by molar-refractivity contribution is 5.95. The van der Waals surface area contributed by atoms with Gasteiger partial charge in [0.15, 0.2) is 0 Å². The molecule has 0 fully saturated rings. The predicted molar refractivity (Wildman–Crippen MR) is 85.7 cm³/mol. The maximum Gasteiger partial charge on any atom is 0.340 e. The SMILES string of the molecule is CCOC(=O)c1cc(N(CC)CCCN(C)C)ncc1N. The average Bonchev–Trinajstić information content (AvgIpc) is 2.44. The van der Waals surface area contributed by atoms with Gasteiger partial charge in [-0.2, -0.15) is 0 Å². The standard InChI is InChI=1S/C15H26N4O2/c1-5-19(9-7-8-18(3)4)14-10-12(13(16)11-17-14)15(20)21-6-2/h10-11H,5-9,16H2,1-4H3. The lowest BCUT2D eigenvalue weighted by atomic mass is 10.2. The lowest BCUT2D eigenvalue weighted by molar-refractivity contribution is 0.0527. The van der Waals surface area contributed by atoms with E-state index in [0.29, 0.717) is 17.9 Å². The summed E-state index contributed by atoms with van der Waals surface area (Å²) in [5.74, 6) is 0.358. The normalized spacial score (nSPS) is 10.7. The smallest absolute Gasteiger partial charge is 0.340 e. The molecule has 21 heavy (non-hydrogen) atoms. The Bertz CT molecular complexity index is 463. The van der Waals surface area contributed by atoms with Crippen LogP contribution in [0, 0.1) is 0 Å². The lowest BCUT2D eigenvalue weighted by Gasteiger charge is -2.23. The molecule has 1 aromatic heterocycles. The summed E-state index contributed by atoms with van der Waals surface area (Å²) in [6.45, 7) is 6.89. The van der Waals surface area contributed by atoms with Crippen LogP contribution in [0.4, 0.5) is 11.5 Å². The van der Waals surface area contributed by atoms with Crippen molar-refractivity contribution in [3.8, 4) is 0 Å². The molecule has 0 unspecified atom stereocenters. The van der Waals surface area contributed by atoms with E-state index in [1.165, 1.54) is 6.20 Å². The summed E-state index contributed by atoms with van der Waals surface area (Å²) >= 11 is 0. The minimum absolute atomic E-state index is 0.330. The van der Waals surface area contributed by atoms with Crippen molar-refractivity contribution in [2.24, 2.45) is 0 Å². The summed E-state index contributed by atoms with van der Waals surface area (Å²) < 4.78 is 5.02. The van der Waals surface area contributed by atoms with Crippen LogP contribution in [0.3, 0.4) is 0 Å². The first-order valence-corrected chi connectivity index (χ1v) is 7.31. The summed E-state index contributed by atoms with van der Waals surface area (Å²) in [5, 5.41) is 0.